The Balaban J connectivity index is 1.52. The molecule has 2 aliphatic rings. The molecule has 1 aliphatic carbocycles. The molecule has 2 amide bonds. The van der Waals surface area contributed by atoms with Crippen LogP contribution in [0.2, 0.25) is 0 Å². The number of allylic oxidation sites excluding steroid dienone is 1. The van der Waals surface area contributed by atoms with Gasteiger partial charge in [0.1, 0.15) is 6.10 Å². The number of imide groups is 1. The Labute approximate surface area is 190 Å². The van der Waals surface area contributed by atoms with Crippen LogP contribution in [0, 0.1) is 0 Å². The second-order valence-electron chi connectivity index (χ2n) is 7.71. The van der Waals surface area contributed by atoms with Crippen LogP contribution in [-0.4, -0.2) is 54.2 Å². The molecule has 0 N–H and O–H groups in total. The average Bonchev–Trinajstić information content (AvgIpc) is 3.17. The Kier molecular flexibility index (Phi) is 6.83. The van der Waals surface area contributed by atoms with Gasteiger partial charge in [0, 0.05) is 6.54 Å². The third kappa shape index (κ3) is 5.28. The lowest BCUT2D eigenvalue weighted by molar-refractivity contribution is -0.125. The number of hydrogen-bond donors (Lipinski definition) is 0. The topological polar surface area (TPSA) is 99.2 Å². The van der Waals surface area contributed by atoms with Gasteiger partial charge in [-0.05, 0) is 49.1 Å². The number of ether oxygens (including phenoxy) is 3. The van der Waals surface area contributed by atoms with Gasteiger partial charge in [-0.15, -0.1) is 0 Å². The molecule has 8 heteroatoms. The minimum absolute atomic E-state index is 0.0856. The summed E-state index contributed by atoms with van der Waals surface area (Å²) < 4.78 is 16.3. The van der Waals surface area contributed by atoms with Crippen LogP contribution in [0.4, 0.5) is 4.79 Å². The number of rotatable bonds is 7. The van der Waals surface area contributed by atoms with Crippen LogP contribution in [0.25, 0.3) is 0 Å². The number of hydrogen-bond acceptors (Lipinski definition) is 7. The quantitative estimate of drug-likeness (QED) is 0.362. The zero-order chi connectivity index (χ0) is 23.2. The van der Waals surface area contributed by atoms with Crippen molar-refractivity contribution in [1.29, 1.82) is 0 Å². The molecule has 170 valence electrons. The molecule has 4 rings (SSSR count). The van der Waals surface area contributed by atoms with E-state index in [1.54, 1.807) is 60.7 Å². The van der Waals surface area contributed by atoms with Crippen LogP contribution in [0.5, 0.6) is 0 Å². The maximum atomic E-state index is 12.8. The second-order valence-corrected chi connectivity index (χ2v) is 7.71. The third-order valence-corrected chi connectivity index (χ3v) is 5.54. The first-order valence-corrected chi connectivity index (χ1v) is 10.7. The van der Waals surface area contributed by atoms with Crippen LogP contribution in [0.1, 0.15) is 40.0 Å². The van der Waals surface area contributed by atoms with Crippen molar-refractivity contribution in [2.24, 2.45) is 0 Å². The van der Waals surface area contributed by atoms with Crippen molar-refractivity contribution < 1.29 is 33.4 Å². The molecule has 8 nitrogen and oxygen atoms in total. The number of carbonyl (C=O) groups excluding carboxylic acids is 4. The molecule has 1 fully saturated rings. The second kappa shape index (κ2) is 10.1. The highest BCUT2D eigenvalue weighted by Gasteiger charge is 2.36. The maximum absolute atomic E-state index is 12.8. The van der Waals surface area contributed by atoms with E-state index in [0.717, 1.165) is 4.90 Å². The van der Waals surface area contributed by atoms with Gasteiger partial charge >= 0.3 is 18.0 Å². The first-order chi connectivity index (χ1) is 16.0. The number of benzene rings is 2. The van der Waals surface area contributed by atoms with Gasteiger partial charge in [0.25, 0.3) is 5.91 Å². The fraction of sp³-hybridized carbons (Fsp3) is 0.280. The molecule has 2 aromatic carbocycles. The smallest absolute Gasteiger partial charge is 0.417 e. The largest absolute Gasteiger partial charge is 0.454 e. The highest BCUT2D eigenvalue weighted by molar-refractivity contribution is 5.97. The Morgan fingerprint density at radius 2 is 1.52 bits per heavy atom. The van der Waals surface area contributed by atoms with Gasteiger partial charge < -0.3 is 14.2 Å². The van der Waals surface area contributed by atoms with Crippen molar-refractivity contribution >= 4 is 23.9 Å². The number of cyclic esters (lactones) is 1. The van der Waals surface area contributed by atoms with Crippen LogP contribution < -0.4 is 0 Å². The van der Waals surface area contributed by atoms with E-state index in [4.69, 9.17) is 14.2 Å². The number of carbonyl (C=O) groups is 4. The van der Waals surface area contributed by atoms with E-state index < -0.39 is 36.1 Å². The van der Waals surface area contributed by atoms with Gasteiger partial charge in [0.05, 0.1) is 11.1 Å². The zero-order valence-corrected chi connectivity index (χ0v) is 17.8. The summed E-state index contributed by atoms with van der Waals surface area (Å²) in [4.78, 5) is 50.1. The number of amides is 2. The Hall–Kier alpha value is -3.94. The first-order valence-electron chi connectivity index (χ1n) is 10.7. The summed E-state index contributed by atoms with van der Waals surface area (Å²) >= 11 is 0. The van der Waals surface area contributed by atoms with Crippen LogP contribution in [-0.2, 0) is 19.0 Å². The number of esters is 2. The van der Waals surface area contributed by atoms with E-state index in [1.807, 2.05) is 6.08 Å². The van der Waals surface area contributed by atoms with E-state index in [2.05, 4.69) is 0 Å². The predicted octanol–water partition coefficient (Wildman–Crippen LogP) is 3.53. The lowest BCUT2D eigenvalue weighted by Crippen LogP contribution is -2.40. The predicted molar refractivity (Wildman–Crippen MR) is 116 cm³/mol. The van der Waals surface area contributed by atoms with E-state index in [-0.39, 0.29) is 19.6 Å². The van der Waals surface area contributed by atoms with E-state index in [1.165, 1.54) is 0 Å². The maximum Gasteiger partial charge on any atom is 0.417 e. The van der Waals surface area contributed by atoms with Gasteiger partial charge in [0.2, 0.25) is 0 Å². The summed E-state index contributed by atoms with van der Waals surface area (Å²) in [5.74, 6) is -1.48. The molecule has 0 aromatic heterocycles. The molecule has 0 unspecified atom stereocenters. The van der Waals surface area contributed by atoms with Crippen molar-refractivity contribution in [1.82, 2.24) is 4.90 Å². The Bertz CT molecular complexity index is 1050. The van der Waals surface area contributed by atoms with Crippen LogP contribution >= 0.6 is 0 Å². The zero-order valence-electron chi connectivity index (χ0n) is 17.8. The molecule has 0 spiro atoms. The Morgan fingerprint density at radius 1 is 0.909 bits per heavy atom. The van der Waals surface area contributed by atoms with Gasteiger partial charge in [-0.2, -0.15) is 0 Å². The fourth-order valence-corrected chi connectivity index (χ4v) is 3.83. The normalized spacial score (nSPS) is 20.1. The lowest BCUT2D eigenvalue weighted by atomic mass is 9.91. The molecule has 0 radical (unpaired) electrons. The van der Waals surface area contributed by atoms with Gasteiger partial charge in [0.15, 0.2) is 12.7 Å². The Morgan fingerprint density at radius 3 is 2.09 bits per heavy atom. The van der Waals surface area contributed by atoms with Crippen LogP contribution in [0.15, 0.2) is 72.3 Å². The summed E-state index contributed by atoms with van der Waals surface area (Å²) in [5, 5.41) is 0. The number of nitrogens with zero attached hydrogens (tertiary/aromatic N) is 1. The summed E-state index contributed by atoms with van der Waals surface area (Å²) in [7, 11) is 0. The molecular formula is C25H23NO7. The van der Waals surface area contributed by atoms with E-state index in [9.17, 15) is 19.2 Å². The van der Waals surface area contributed by atoms with Gasteiger partial charge in [-0.25, -0.2) is 19.3 Å². The molecule has 2 aromatic rings. The molecule has 0 bridgehead atoms. The highest BCUT2D eigenvalue weighted by Crippen LogP contribution is 2.29. The molecule has 1 saturated heterocycles. The van der Waals surface area contributed by atoms with Gasteiger partial charge in [-0.3, -0.25) is 4.79 Å². The van der Waals surface area contributed by atoms with Crippen molar-refractivity contribution in [2.45, 2.75) is 31.5 Å². The SMILES string of the molecule is O=C(O[C@H]1CCC=C(CCN2C(=O)COC2=O)[C@@H]1OC(=O)c1ccccc1)c1ccccc1. The monoisotopic (exact) mass is 449 g/mol. The van der Waals surface area contributed by atoms with E-state index >= 15 is 0 Å². The van der Waals surface area contributed by atoms with Crippen molar-refractivity contribution in [2.75, 3.05) is 13.2 Å². The first kappa shape index (κ1) is 22.3. The molecular weight excluding hydrogens is 426 g/mol. The summed E-state index contributed by atoms with van der Waals surface area (Å²) in [6, 6.07) is 17.1. The summed E-state index contributed by atoms with van der Waals surface area (Å²) in [6.07, 6.45) is 1.01. The standard InChI is InChI=1S/C25H23NO7/c27-21-16-31-25(30)26(21)15-14-17-12-7-13-20(32-23(28)18-8-3-1-4-9-18)22(17)33-24(29)19-10-5-2-6-11-19/h1-6,8-12,20,22H,7,13-16H2/t20-,22-/m0/s1. The molecule has 2 atom stereocenters. The average molecular weight is 449 g/mol. The molecule has 33 heavy (non-hydrogen) atoms. The summed E-state index contributed by atoms with van der Waals surface area (Å²) in [6.45, 7) is -0.191. The minimum atomic E-state index is -0.840. The molecule has 1 aliphatic heterocycles. The molecule has 0 saturated carbocycles. The fourth-order valence-electron chi connectivity index (χ4n) is 3.83. The van der Waals surface area contributed by atoms with Crippen LogP contribution in [0.3, 0.4) is 0 Å². The third-order valence-electron chi connectivity index (χ3n) is 5.54. The van der Waals surface area contributed by atoms with Crippen molar-refractivity contribution in [3.05, 3.63) is 83.4 Å². The molecule has 1 heterocycles. The summed E-state index contributed by atoms with van der Waals surface area (Å²) in [5.41, 5.74) is 1.45. The van der Waals surface area contributed by atoms with Crippen molar-refractivity contribution in [3.8, 4) is 0 Å². The lowest BCUT2D eigenvalue weighted by Gasteiger charge is -2.32. The highest BCUT2D eigenvalue weighted by atomic mass is 16.6. The minimum Gasteiger partial charge on any atom is -0.454 e. The van der Waals surface area contributed by atoms with Gasteiger partial charge in [-0.1, -0.05) is 42.5 Å². The van der Waals surface area contributed by atoms with Crippen molar-refractivity contribution in [3.63, 3.8) is 0 Å². The van der Waals surface area contributed by atoms with E-state index in [0.29, 0.717) is 29.5 Å².